The number of hydrogen-bond donors (Lipinski definition) is 2. The normalized spacial score (nSPS) is 12.5. The monoisotopic (exact) mass is 214 g/mol. The summed E-state index contributed by atoms with van der Waals surface area (Å²) in [6, 6.07) is 2.72. The van der Waals surface area contributed by atoms with Gasteiger partial charge in [0, 0.05) is 19.9 Å². The van der Waals surface area contributed by atoms with Crippen LogP contribution in [0.25, 0.3) is 0 Å². The van der Waals surface area contributed by atoms with Crippen LogP contribution < -0.4 is 5.32 Å². The molecular weight excluding hydrogens is 199 g/mol. The van der Waals surface area contributed by atoms with Gasteiger partial charge in [0.15, 0.2) is 11.6 Å². The van der Waals surface area contributed by atoms with Crippen LogP contribution in [0.1, 0.15) is 6.42 Å². The van der Waals surface area contributed by atoms with Crippen LogP contribution in [-0.4, -0.2) is 36.5 Å². The van der Waals surface area contributed by atoms with Crippen molar-refractivity contribution in [2.24, 2.45) is 0 Å². The first-order chi connectivity index (χ1) is 7.27. The number of aliphatic hydroxyl groups excluding tert-OH is 1. The van der Waals surface area contributed by atoms with Gasteiger partial charge >= 0.3 is 0 Å². The fraction of sp³-hybridized carbons (Fsp3) is 0.500. The molecule has 0 radical (unpaired) electrons. The number of methoxy groups -OCH3 is 1. The topological polar surface area (TPSA) is 54.4 Å². The van der Waals surface area contributed by atoms with Crippen molar-refractivity contribution in [3.05, 3.63) is 24.1 Å². The van der Waals surface area contributed by atoms with Gasteiger partial charge in [-0.05, 0) is 18.6 Å². The third kappa shape index (κ3) is 3.81. The predicted octanol–water partition coefficient (Wildman–Crippen LogP) is 1.03. The second-order valence-corrected chi connectivity index (χ2v) is 3.14. The molecule has 0 bridgehead atoms. The van der Waals surface area contributed by atoms with Crippen LogP contribution in [0.2, 0.25) is 0 Å². The molecule has 0 saturated heterocycles. The van der Waals surface area contributed by atoms with E-state index in [1.54, 1.807) is 7.11 Å². The molecule has 1 unspecified atom stereocenters. The molecule has 1 heterocycles. The number of hydrogen-bond acceptors (Lipinski definition) is 4. The summed E-state index contributed by atoms with van der Waals surface area (Å²) < 4.78 is 18.1. The van der Waals surface area contributed by atoms with Crippen LogP contribution in [0.15, 0.2) is 18.3 Å². The van der Waals surface area contributed by atoms with E-state index in [0.29, 0.717) is 13.0 Å². The third-order valence-electron chi connectivity index (χ3n) is 1.94. The number of aromatic nitrogens is 1. The van der Waals surface area contributed by atoms with Gasteiger partial charge in [-0.2, -0.15) is 0 Å². The van der Waals surface area contributed by atoms with Crippen LogP contribution in [-0.2, 0) is 4.74 Å². The largest absolute Gasteiger partial charge is 0.396 e. The van der Waals surface area contributed by atoms with E-state index in [9.17, 15) is 4.39 Å². The van der Waals surface area contributed by atoms with Crippen LogP contribution in [0.5, 0.6) is 0 Å². The number of ether oxygens (including phenoxy) is 1. The van der Waals surface area contributed by atoms with E-state index in [2.05, 4.69) is 10.3 Å². The Bertz CT molecular complexity index is 291. The zero-order valence-corrected chi connectivity index (χ0v) is 8.61. The number of pyridine rings is 1. The predicted molar refractivity (Wildman–Crippen MR) is 55.2 cm³/mol. The van der Waals surface area contributed by atoms with Crippen molar-refractivity contribution in [1.82, 2.24) is 4.98 Å². The zero-order valence-electron chi connectivity index (χ0n) is 8.61. The Labute approximate surface area is 88.1 Å². The lowest BCUT2D eigenvalue weighted by Crippen LogP contribution is -2.27. The van der Waals surface area contributed by atoms with Gasteiger partial charge in [-0.15, -0.1) is 0 Å². The molecule has 1 aromatic heterocycles. The van der Waals surface area contributed by atoms with Crippen molar-refractivity contribution in [3.8, 4) is 0 Å². The molecule has 0 saturated carbocycles. The second-order valence-electron chi connectivity index (χ2n) is 3.14. The van der Waals surface area contributed by atoms with Gasteiger partial charge < -0.3 is 15.2 Å². The quantitative estimate of drug-likeness (QED) is 0.742. The Balaban J connectivity index is 2.60. The fourth-order valence-electron chi connectivity index (χ4n) is 1.24. The summed E-state index contributed by atoms with van der Waals surface area (Å²) in [5.41, 5.74) is 0. The maximum Gasteiger partial charge on any atom is 0.165 e. The molecule has 0 aliphatic rings. The van der Waals surface area contributed by atoms with Crippen LogP contribution in [0, 0.1) is 5.82 Å². The van der Waals surface area contributed by atoms with Gasteiger partial charge in [-0.25, -0.2) is 9.37 Å². The van der Waals surface area contributed by atoms with Crippen LogP contribution in [0.3, 0.4) is 0 Å². The van der Waals surface area contributed by atoms with Gasteiger partial charge in [-0.1, -0.05) is 0 Å². The Hall–Kier alpha value is -1.20. The molecule has 1 rings (SSSR count). The number of nitrogens with one attached hydrogen (secondary N) is 1. The van der Waals surface area contributed by atoms with Gasteiger partial charge in [0.2, 0.25) is 0 Å². The lowest BCUT2D eigenvalue weighted by Gasteiger charge is -2.17. The van der Waals surface area contributed by atoms with Crippen molar-refractivity contribution in [3.63, 3.8) is 0 Å². The van der Waals surface area contributed by atoms with E-state index in [4.69, 9.17) is 9.84 Å². The van der Waals surface area contributed by atoms with Crippen LogP contribution >= 0.6 is 0 Å². The van der Waals surface area contributed by atoms with Crippen LogP contribution in [0.4, 0.5) is 10.2 Å². The zero-order chi connectivity index (χ0) is 11.1. The number of anilines is 1. The molecule has 2 N–H and O–H groups in total. The Morgan fingerprint density at radius 2 is 2.47 bits per heavy atom. The summed E-state index contributed by atoms with van der Waals surface area (Å²) in [6.07, 6.45) is 2.00. The van der Waals surface area contributed by atoms with Crippen molar-refractivity contribution >= 4 is 5.82 Å². The average molecular weight is 214 g/mol. The fourth-order valence-corrected chi connectivity index (χ4v) is 1.24. The molecule has 1 atom stereocenters. The third-order valence-corrected chi connectivity index (χ3v) is 1.94. The van der Waals surface area contributed by atoms with E-state index in [1.807, 2.05) is 0 Å². The van der Waals surface area contributed by atoms with E-state index in [1.165, 1.54) is 18.3 Å². The number of rotatable bonds is 6. The highest BCUT2D eigenvalue weighted by atomic mass is 19.1. The number of nitrogens with zero attached hydrogens (tertiary/aromatic N) is 1. The lowest BCUT2D eigenvalue weighted by molar-refractivity contribution is 0.170. The summed E-state index contributed by atoms with van der Waals surface area (Å²) >= 11 is 0. The average Bonchev–Trinajstić information content (AvgIpc) is 2.22. The molecule has 1 aromatic rings. The SMILES string of the molecule is COCC(CCO)Nc1ncccc1F. The molecule has 84 valence electrons. The van der Waals surface area contributed by atoms with Crippen molar-refractivity contribution in [2.45, 2.75) is 12.5 Å². The van der Waals surface area contributed by atoms with Gasteiger partial charge in [0.05, 0.1) is 12.6 Å². The highest BCUT2D eigenvalue weighted by Crippen LogP contribution is 2.11. The maximum atomic E-state index is 13.2. The molecule has 15 heavy (non-hydrogen) atoms. The van der Waals surface area contributed by atoms with E-state index < -0.39 is 5.82 Å². The van der Waals surface area contributed by atoms with E-state index >= 15 is 0 Å². The summed E-state index contributed by atoms with van der Waals surface area (Å²) in [5, 5.41) is 11.7. The summed E-state index contributed by atoms with van der Waals surface area (Å²) in [4.78, 5) is 3.86. The van der Waals surface area contributed by atoms with Crippen molar-refractivity contribution in [1.29, 1.82) is 0 Å². The Morgan fingerprint density at radius 3 is 3.07 bits per heavy atom. The number of halogens is 1. The second kappa shape index (κ2) is 6.31. The minimum Gasteiger partial charge on any atom is -0.396 e. The smallest absolute Gasteiger partial charge is 0.165 e. The lowest BCUT2D eigenvalue weighted by atomic mass is 10.2. The summed E-state index contributed by atoms with van der Waals surface area (Å²) in [5.74, 6) is -0.218. The molecule has 0 spiro atoms. The molecule has 0 aliphatic carbocycles. The highest BCUT2D eigenvalue weighted by Gasteiger charge is 2.10. The Morgan fingerprint density at radius 1 is 1.67 bits per heavy atom. The van der Waals surface area contributed by atoms with E-state index in [0.717, 1.165) is 0 Å². The van der Waals surface area contributed by atoms with Crippen molar-refractivity contribution < 1.29 is 14.2 Å². The number of aliphatic hydroxyl groups is 1. The minimum atomic E-state index is -0.406. The first kappa shape index (κ1) is 11.9. The first-order valence-corrected chi connectivity index (χ1v) is 4.74. The summed E-state index contributed by atoms with van der Waals surface area (Å²) in [7, 11) is 1.56. The van der Waals surface area contributed by atoms with Gasteiger partial charge in [0.25, 0.3) is 0 Å². The molecule has 4 nitrogen and oxygen atoms in total. The highest BCUT2D eigenvalue weighted by molar-refractivity contribution is 5.36. The molecule has 5 heteroatoms. The molecule has 0 aliphatic heterocycles. The minimum absolute atomic E-state index is 0.0233. The maximum absolute atomic E-state index is 13.2. The Kier molecular flexibility index (Phi) is 5.00. The molecule has 0 amide bonds. The summed E-state index contributed by atoms with van der Waals surface area (Å²) in [6.45, 7) is 0.423. The molecular formula is C10H15FN2O2. The van der Waals surface area contributed by atoms with Gasteiger partial charge in [-0.3, -0.25) is 0 Å². The van der Waals surface area contributed by atoms with E-state index in [-0.39, 0.29) is 18.5 Å². The first-order valence-electron chi connectivity index (χ1n) is 4.74. The van der Waals surface area contributed by atoms with Gasteiger partial charge in [0.1, 0.15) is 0 Å². The molecule has 0 fully saturated rings. The van der Waals surface area contributed by atoms with Crippen molar-refractivity contribution in [2.75, 3.05) is 25.6 Å². The molecule has 0 aromatic carbocycles. The standard InChI is InChI=1S/C10H15FN2O2/c1-15-7-8(4-6-14)13-10-9(11)3-2-5-12-10/h2-3,5,8,14H,4,6-7H2,1H3,(H,12,13).